The van der Waals surface area contributed by atoms with E-state index in [1.165, 1.54) is 13.8 Å². The van der Waals surface area contributed by atoms with Crippen LogP contribution in [0.3, 0.4) is 0 Å². The molecule has 2 aliphatic carbocycles. The maximum atomic E-state index is 13.6. The van der Waals surface area contributed by atoms with Crippen molar-refractivity contribution in [2.24, 2.45) is 5.92 Å². The Morgan fingerprint density at radius 2 is 1.89 bits per heavy atom. The number of aliphatic hydroxyl groups is 1. The molecule has 0 aromatic heterocycles. The summed E-state index contributed by atoms with van der Waals surface area (Å²) in [7, 11) is 0. The van der Waals surface area contributed by atoms with Gasteiger partial charge in [-0.3, -0.25) is 14.4 Å². The third-order valence-corrected chi connectivity index (χ3v) is 7.78. The fourth-order valence-corrected chi connectivity index (χ4v) is 5.31. The maximum Gasteiger partial charge on any atom is 0.418 e. The van der Waals surface area contributed by atoms with E-state index in [2.05, 4.69) is 5.32 Å². The van der Waals surface area contributed by atoms with Gasteiger partial charge in [0.15, 0.2) is 0 Å². The van der Waals surface area contributed by atoms with E-state index >= 15 is 0 Å². The molecule has 5 rings (SSSR count). The van der Waals surface area contributed by atoms with Crippen molar-refractivity contribution in [3.63, 3.8) is 0 Å². The van der Waals surface area contributed by atoms with E-state index in [-0.39, 0.29) is 24.9 Å². The summed E-state index contributed by atoms with van der Waals surface area (Å²) in [6.07, 6.45) is 2.01. The third-order valence-electron chi connectivity index (χ3n) is 7.78. The summed E-state index contributed by atoms with van der Waals surface area (Å²) >= 11 is 0. The zero-order chi connectivity index (χ0) is 27.2. The van der Waals surface area contributed by atoms with Crippen LogP contribution in [0.1, 0.15) is 56.7 Å². The van der Waals surface area contributed by atoms with E-state index in [1.807, 2.05) is 37.3 Å². The molecule has 4 amide bonds. The number of fused-ring (bicyclic) bond motifs is 2. The number of nitrogens with one attached hydrogen (secondary N) is 1. The molecule has 3 aliphatic rings. The van der Waals surface area contributed by atoms with Gasteiger partial charge in [0, 0.05) is 30.3 Å². The number of rotatable bonds is 8. The van der Waals surface area contributed by atoms with E-state index in [0.717, 1.165) is 28.9 Å². The predicted molar refractivity (Wildman–Crippen MR) is 139 cm³/mol. The highest BCUT2D eigenvalue weighted by Gasteiger charge is 2.58. The summed E-state index contributed by atoms with van der Waals surface area (Å²) in [5, 5.41) is 12.6. The number of ether oxygens (including phenoxy) is 1. The molecular weight excluding hydrogens is 486 g/mol. The second kappa shape index (κ2) is 9.54. The number of carbonyl (C=O) groups excluding carboxylic acids is 4. The molecule has 38 heavy (non-hydrogen) atoms. The van der Waals surface area contributed by atoms with Crippen LogP contribution in [-0.2, 0) is 37.7 Å². The zero-order valence-corrected chi connectivity index (χ0v) is 21.9. The van der Waals surface area contributed by atoms with Gasteiger partial charge >= 0.3 is 6.09 Å². The summed E-state index contributed by atoms with van der Waals surface area (Å²) in [6, 6.07) is 14.7. The Morgan fingerprint density at radius 3 is 2.55 bits per heavy atom. The number of amides is 4. The number of anilines is 1. The van der Waals surface area contributed by atoms with Crippen LogP contribution in [-0.4, -0.2) is 56.9 Å². The largest absolute Gasteiger partial charge is 0.427 e. The fraction of sp³-hybridized carbons (Fsp3) is 0.448. The smallest absolute Gasteiger partial charge is 0.418 e. The predicted octanol–water partition coefficient (Wildman–Crippen LogP) is 3.34. The lowest BCUT2D eigenvalue weighted by molar-refractivity contribution is -0.143. The van der Waals surface area contributed by atoms with Crippen LogP contribution < -0.4 is 5.32 Å². The summed E-state index contributed by atoms with van der Waals surface area (Å²) in [6.45, 7) is 4.83. The highest BCUT2D eigenvalue weighted by atomic mass is 16.6. The molecule has 1 saturated carbocycles. The van der Waals surface area contributed by atoms with E-state index in [1.54, 1.807) is 23.1 Å². The van der Waals surface area contributed by atoms with Crippen molar-refractivity contribution >= 4 is 29.5 Å². The van der Waals surface area contributed by atoms with E-state index in [4.69, 9.17) is 4.74 Å². The van der Waals surface area contributed by atoms with Gasteiger partial charge in [0.2, 0.25) is 11.5 Å². The monoisotopic (exact) mass is 519 g/mol. The summed E-state index contributed by atoms with van der Waals surface area (Å²) in [5.41, 5.74) is -0.242. The molecule has 2 fully saturated rings. The van der Waals surface area contributed by atoms with Crippen molar-refractivity contribution in [1.29, 1.82) is 0 Å². The lowest BCUT2D eigenvalue weighted by atomic mass is 9.94. The molecule has 1 saturated heterocycles. The highest BCUT2D eigenvalue weighted by molar-refractivity contribution is 6.06. The van der Waals surface area contributed by atoms with E-state index in [0.29, 0.717) is 30.1 Å². The van der Waals surface area contributed by atoms with Gasteiger partial charge in [-0.05, 0) is 69.2 Å². The second-order valence-electron chi connectivity index (χ2n) is 11.1. The number of carbonyl (C=O) groups is 4. The van der Waals surface area contributed by atoms with Gasteiger partial charge in [0.1, 0.15) is 12.1 Å². The first kappa shape index (κ1) is 25.9. The minimum absolute atomic E-state index is 0.00451. The maximum absolute atomic E-state index is 13.6. The average molecular weight is 520 g/mol. The summed E-state index contributed by atoms with van der Waals surface area (Å²) < 4.78 is 5.69. The Labute approximate surface area is 221 Å². The number of benzene rings is 2. The average Bonchev–Trinajstić information content (AvgIpc) is 3.63. The van der Waals surface area contributed by atoms with Gasteiger partial charge in [-0.1, -0.05) is 36.4 Å². The normalized spacial score (nSPS) is 21.3. The zero-order valence-electron chi connectivity index (χ0n) is 21.9. The Hall–Kier alpha value is -3.72. The third kappa shape index (κ3) is 4.78. The molecule has 2 N–H and O–H groups in total. The lowest BCUT2D eigenvalue weighted by Crippen LogP contribution is -2.47. The SMILES string of the molecule is CC(C1CC1)N(Cc1ccccc1)C(=O)CN1C(=O)OC2(CCc3cc(NC(=O)C(C)(C)O)ccc32)C1=O. The Balaban J connectivity index is 1.34. The molecule has 9 heteroatoms. The molecule has 2 atom stereocenters. The van der Waals surface area contributed by atoms with Crippen LogP contribution in [0.5, 0.6) is 0 Å². The Kier molecular flexibility index (Phi) is 6.51. The number of hydrogen-bond acceptors (Lipinski definition) is 6. The highest BCUT2D eigenvalue weighted by Crippen LogP contribution is 2.46. The molecule has 1 spiro atoms. The van der Waals surface area contributed by atoms with Gasteiger partial charge < -0.3 is 20.1 Å². The van der Waals surface area contributed by atoms with Crippen molar-refractivity contribution in [1.82, 2.24) is 9.80 Å². The first-order valence-electron chi connectivity index (χ1n) is 13.0. The topological polar surface area (TPSA) is 116 Å². The quantitative estimate of drug-likeness (QED) is 0.553. The first-order chi connectivity index (χ1) is 18.0. The summed E-state index contributed by atoms with van der Waals surface area (Å²) in [5.74, 6) is -0.971. The minimum Gasteiger partial charge on any atom is -0.427 e. The van der Waals surface area contributed by atoms with Crippen LogP contribution in [0.25, 0.3) is 0 Å². The number of aryl methyl sites for hydroxylation is 1. The number of nitrogens with zero attached hydrogens (tertiary/aromatic N) is 2. The lowest BCUT2D eigenvalue weighted by Gasteiger charge is -2.30. The van der Waals surface area contributed by atoms with Crippen LogP contribution in [0.15, 0.2) is 48.5 Å². The molecule has 2 unspecified atom stereocenters. The van der Waals surface area contributed by atoms with Crippen molar-refractivity contribution in [3.8, 4) is 0 Å². The molecule has 200 valence electrons. The molecule has 0 bridgehead atoms. The first-order valence-corrected chi connectivity index (χ1v) is 13.0. The molecule has 2 aromatic rings. The molecule has 9 nitrogen and oxygen atoms in total. The standard InChI is InChI=1S/C29H33N3O6/c1-18(20-9-10-20)31(16-19-7-5-4-6-8-19)24(33)17-32-26(35)29(38-27(32)36)14-13-21-15-22(11-12-23(21)29)30-25(34)28(2,3)37/h4-8,11-12,15,18,20,37H,9-10,13-14,16-17H2,1-3H3,(H,30,34). The second-order valence-corrected chi connectivity index (χ2v) is 11.1. The van der Waals surface area contributed by atoms with Crippen LogP contribution >= 0.6 is 0 Å². The van der Waals surface area contributed by atoms with Gasteiger partial charge in [-0.25, -0.2) is 9.69 Å². The number of imide groups is 1. The van der Waals surface area contributed by atoms with Gasteiger partial charge in [-0.2, -0.15) is 0 Å². The van der Waals surface area contributed by atoms with Crippen molar-refractivity contribution in [2.75, 3.05) is 11.9 Å². The Bertz CT molecular complexity index is 1280. The van der Waals surface area contributed by atoms with E-state index < -0.39 is 29.1 Å². The fourth-order valence-electron chi connectivity index (χ4n) is 5.31. The molecule has 2 aromatic carbocycles. The number of hydrogen-bond donors (Lipinski definition) is 2. The Morgan fingerprint density at radius 1 is 1.18 bits per heavy atom. The van der Waals surface area contributed by atoms with Crippen LogP contribution in [0.4, 0.5) is 10.5 Å². The molecule has 0 radical (unpaired) electrons. The van der Waals surface area contributed by atoms with Crippen molar-refractivity contribution in [3.05, 3.63) is 65.2 Å². The molecule has 1 heterocycles. The van der Waals surface area contributed by atoms with Crippen LogP contribution in [0, 0.1) is 5.92 Å². The molecular formula is C29H33N3O6. The van der Waals surface area contributed by atoms with Crippen LogP contribution in [0.2, 0.25) is 0 Å². The van der Waals surface area contributed by atoms with Gasteiger partial charge in [-0.15, -0.1) is 0 Å². The van der Waals surface area contributed by atoms with E-state index in [9.17, 15) is 24.3 Å². The minimum atomic E-state index is -1.55. The molecule has 1 aliphatic heterocycles. The van der Waals surface area contributed by atoms with Crippen molar-refractivity contribution in [2.45, 2.75) is 70.2 Å². The van der Waals surface area contributed by atoms with Gasteiger partial charge in [0.25, 0.3) is 11.8 Å². The van der Waals surface area contributed by atoms with Gasteiger partial charge in [0.05, 0.1) is 0 Å². The van der Waals surface area contributed by atoms with Crippen molar-refractivity contribution < 1.29 is 29.0 Å². The summed E-state index contributed by atoms with van der Waals surface area (Å²) in [4.78, 5) is 54.9.